The number of anilines is 2. The van der Waals surface area contributed by atoms with Crippen molar-refractivity contribution in [2.24, 2.45) is 0 Å². The Morgan fingerprint density at radius 2 is 1.07 bits per heavy atom. The van der Waals surface area contributed by atoms with Gasteiger partial charge in [-0.2, -0.15) is 0 Å². The van der Waals surface area contributed by atoms with Crippen molar-refractivity contribution in [2.75, 3.05) is 10.6 Å². The van der Waals surface area contributed by atoms with Crippen LogP contribution in [0.1, 0.15) is 51.7 Å². The Hall–Kier alpha value is -3.02. The van der Waals surface area contributed by atoms with Gasteiger partial charge >= 0.3 is 12.2 Å². The van der Waals surface area contributed by atoms with Crippen LogP contribution in [0.5, 0.6) is 0 Å². The van der Waals surface area contributed by atoms with E-state index in [1.807, 2.05) is 76.2 Å². The Morgan fingerprint density at radius 3 is 1.38 bits per heavy atom. The van der Waals surface area contributed by atoms with Crippen molar-refractivity contribution in [1.29, 1.82) is 0 Å². The van der Waals surface area contributed by atoms with Crippen molar-refractivity contribution in [1.82, 2.24) is 0 Å². The van der Waals surface area contributed by atoms with Gasteiger partial charge in [-0.25, -0.2) is 9.59 Å². The van der Waals surface area contributed by atoms with Crippen LogP contribution in [0.4, 0.5) is 21.0 Å². The summed E-state index contributed by atoms with van der Waals surface area (Å²) in [6.07, 6.45) is 1.20. The topological polar surface area (TPSA) is 76.7 Å². The largest absolute Gasteiger partial charge is 0.446 e. The van der Waals surface area contributed by atoms with Crippen LogP contribution in [0, 0.1) is 0 Å². The summed E-state index contributed by atoms with van der Waals surface area (Å²) in [7, 11) is 0. The maximum Gasteiger partial charge on any atom is 0.411 e. The smallest absolute Gasteiger partial charge is 0.411 e. The SMILES string of the molecule is CCC(C)OC(=O)Nc1ccc(Cc2ccc(NC(=O)OC(C)CC)cc2)cc1. The van der Waals surface area contributed by atoms with Crippen LogP contribution >= 0.6 is 0 Å². The van der Waals surface area contributed by atoms with Crippen LogP contribution in [-0.4, -0.2) is 24.4 Å². The molecular weight excluding hydrogens is 368 g/mol. The molecule has 0 aliphatic heterocycles. The number of carbonyl (C=O) groups is 2. The number of carbonyl (C=O) groups excluding carboxylic acids is 2. The highest BCUT2D eigenvalue weighted by molar-refractivity contribution is 5.85. The van der Waals surface area contributed by atoms with Gasteiger partial charge in [-0.05, 0) is 68.5 Å². The van der Waals surface area contributed by atoms with E-state index >= 15 is 0 Å². The van der Waals surface area contributed by atoms with E-state index < -0.39 is 12.2 Å². The fraction of sp³-hybridized carbons (Fsp3) is 0.391. The first-order valence-electron chi connectivity index (χ1n) is 10.0. The Bertz CT molecular complexity index is 720. The van der Waals surface area contributed by atoms with Gasteiger partial charge in [-0.1, -0.05) is 38.1 Å². The number of hydrogen-bond acceptors (Lipinski definition) is 4. The lowest BCUT2D eigenvalue weighted by atomic mass is 10.0. The molecule has 0 fully saturated rings. The van der Waals surface area contributed by atoms with E-state index in [2.05, 4.69) is 10.6 Å². The van der Waals surface area contributed by atoms with E-state index in [0.717, 1.165) is 30.4 Å². The maximum atomic E-state index is 11.8. The Morgan fingerprint density at radius 1 is 0.724 bits per heavy atom. The van der Waals surface area contributed by atoms with E-state index in [4.69, 9.17) is 9.47 Å². The number of nitrogens with one attached hydrogen (secondary N) is 2. The zero-order chi connectivity index (χ0) is 21.2. The number of amides is 2. The third-order valence-electron chi connectivity index (χ3n) is 4.58. The van der Waals surface area contributed by atoms with Crippen molar-refractivity contribution in [2.45, 2.75) is 59.2 Å². The van der Waals surface area contributed by atoms with Crippen molar-refractivity contribution in [3.63, 3.8) is 0 Å². The molecule has 0 bridgehead atoms. The summed E-state index contributed by atoms with van der Waals surface area (Å²) < 4.78 is 10.4. The van der Waals surface area contributed by atoms with Gasteiger partial charge in [0.05, 0.1) is 0 Å². The van der Waals surface area contributed by atoms with Crippen LogP contribution in [0.25, 0.3) is 0 Å². The number of ether oxygens (including phenoxy) is 2. The molecular formula is C23H30N2O4. The predicted octanol–water partition coefficient (Wildman–Crippen LogP) is 5.97. The van der Waals surface area contributed by atoms with Gasteiger partial charge in [0.25, 0.3) is 0 Å². The molecule has 0 spiro atoms. The fourth-order valence-corrected chi connectivity index (χ4v) is 2.47. The molecule has 2 aromatic carbocycles. The summed E-state index contributed by atoms with van der Waals surface area (Å²) in [5, 5.41) is 5.46. The molecule has 156 valence electrons. The highest BCUT2D eigenvalue weighted by Gasteiger charge is 2.09. The van der Waals surface area contributed by atoms with Gasteiger partial charge in [0.15, 0.2) is 0 Å². The molecule has 0 aliphatic carbocycles. The van der Waals surface area contributed by atoms with Gasteiger partial charge < -0.3 is 9.47 Å². The number of benzene rings is 2. The average molecular weight is 399 g/mol. The summed E-state index contributed by atoms with van der Waals surface area (Å²) in [4.78, 5) is 23.5. The fourth-order valence-electron chi connectivity index (χ4n) is 2.47. The summed E-state index contributed by atoms with van der Waals surface area (Å²) >= 11 is 0. The molecule has 2 rings (SSSR count). The molecule has 6 heteroatoms. The van der Waals surface area contributed by atoms with Gasteiger partial charge in [0, 0.05) is 11.4 Å². The lowest BCUT2D eigenvalue weighted by molar-refractivity contribution is 0.117. The van der Waals surface area contributed by atoms with Crippen LogP contribution < -0.4 is 10.6 Å². The normalized spacial score (nSPS) is 12.6. The maximum absolute atomic E-state index is 11.8. The molecule has 0 heterocycles. The van der Waals surface area contributed by atoms with Crippen LogP contribution in [0.2, 0.25) is 0 Å². The molecule has 2 N–H and O–H groups in total. The lowest BCUT2D eigenvalue weighted by Crippen LogP contribution is -2.19. The van der Waals surface area contributed by atoms with E-state index in [1.54, 1.807) is 0 Å². The van der Waals surface area contributed by atoms with E-state index in [9.17, 15) is 9.59 Å². The molecule has 0 saturated carbocycles. The molecule has 0 saturated heterocycles. The van der Waals surface area contributed by atoms with E-state index in [0.29, 0.717) is 11.4 Å². The molecule has 2 aromatic rings. The second-order valence-electron chi connectivity index (χ2n) is 7.07. The summed E-state index contributed by atoms with van der Waals surface area (Å²) in [6.45, 7) is 7.65. The zero-order valence-corrected chi connectivity index (χ0v) is 17.5. The third kappa shape index (κ3) is 7.86. The molecule has 6 nitrogen and oxygen atoms in total. The van der Waals surface area contributed by atoms with Crippen molar-refractivity contribution in [3.8, 4) is 0 Å². The molecule has 29 heavy (non-hydrogen) atoms. The van der Waals surface area contributed by atoms with Gasteiger partial charge in [-0.15, -0.1) is 0 Å². The minimum atomic E-state index is -0.443. The minimum absolute atomic E-state index is 0.108. The third-order valence-corrected chi connectivity index (χ3v) is 4.58. The molecule has 0 radical (unpaired) electrons. The first-order chi connectivity index (χ1) is 13.9. The molecule has 2 atom stereocenters. The van der Waals surface area contributed by atoms with Gasteiger partial charge in [0.1, 0.15) is 12.2 Å². The zero-order valence-electron chi connectivity index (χ0n) is 17.5. The second kappa shape index (κ2) is 11.1. The lowest BCUT2D eigenvalue weighted by Gasteiger charge is -2.12. The van der Waals surface area contributed by atoms with Crippen LogP contribution in [-0.2, 0) is 15.9 Å². The first kappa shape index (κ1) is 22.3. The molecule has 0 aromatic heterocycles. The molecule has 2 amide bonds. The summed E-state index contributed by atoms with van der Waals surface area (Å²) in [5.74, 6) is 0. The van der Waals surface area contributed by atoms with Crippen molar-refractivity contribution >= 4 is 23.6 Å². The van der Waals surface area contributed by atoms with E-state index in [1.165, 1.54) is 0 Å². The van der Waals surface area contributed by atoms with Crippen molar-refractivity contribution < 1.29 is 19.1 Å². The second-order valence-corrected chi connectivity index (χ2v) is 7.07. The van der Waals surface area contributed by atoms with Crippen LogP contribution in [0.15, 0.2) is 48.5 Å². The Kier molecular flexibility index (Phi) is 8.52. The highest BCUT2D eigenvalue weighted by atomic mass is 16.6. The number of rotatable bonds is 8. The van der Waals surface area contributed by atoms with E-state index in [-0.39, 0.29) is 12.2 Å². The monoisotopic (exact) mass is 398 g/mol. The van der Waals surface area contributed by atoms with Gasteiger partial charge in [-0.3, -0.25) is 10.6 Å². The standard InChI is InChI=1S/C23H30N2O4/c1-5-16(3)28-22(26)24-20-11-7-18(8-12-20)15-19-9-13-21(14-10-19)25-23(27)29-17(4)6-2/h7-14,16-17H,5-6,15H2,1-4H3,(H,24,26)(H,25,27). The summed E-state index contributed by atoms with van der Waals surface area (Å²) in [6, 6.07) is 15.3. The van der Waals surface area contributed by atoms with Gasteiger partial charge in [0.2, 0.25) is 0 Å². The Balaban J connectivity index is 1.87. The molecule has 0 aliphatic rings. The summed E-state index contributed by atoms with van der Waals surface area (Å²) in [5.41, 5.74) is 3.62. The minimum Gasteiger partial charge on any atom is -0.446 e. The quantitative estimate of drug-likeness (QED) is 0.574. The molecule has 2 unspecified atom stereocenters. The Labute approximate surface area is 172 Å². The number of hydrogen-bond donors (Lipinski definition) is 2. The van der Waals surface area contributed by atoms with Crippen molar-refractivity contribution in [3.05, 3.63) is 59.7 Å². The predicted molar refractivity (Wildman–Crippen MR) is 115 cm³/mol. The average Bonchev–Trinajstić information content (AvgIpc) is 2.70. The first-order valence-corrected chi connectivity index (χ1v) is 10.0. The van der Waals surface area contributed by atoms with Crippen LogP contribution in [0.3, 0.4) is 0 Å². The highest BCUT2D eigenvalue weighted by Crippen LogP contribution is 2.17.